The molecular weight excluding hydrogens is 997 g/mol. The van der Waals surface area contributed by atoms with Crippen LogP contribution in [0.5, 0.6) is 0 Å². The predicted molar refractivity (Wildman–Crippen MR) is 353 cm³/mol. The molecular formula is C75H134O6. The number of rotatable bonds is 65. The topological polar surface area (TPSA) is 78.9 Å². The van der Waals surface area contributed by atoms with Crippen LogP contribution in [-0.2, 0) is 28.6 Å². The van der Waals surface area contributed by atoms with E-state index in [1.165, 1.54) is 218 Å². The normalized spacial score (nSPS) is 12.5. The number of ether oxygens (including phenoxy) is 3. The van der Waals surface area contributed by atoms with Gasteiger partial charge in [0.2, 0.25) is 0 Å². The molecule has 0 aromatic rings. The minimum atomic E-state index is -0.787. The zero-order valence-electron chi connectivity index (χ0n) is 54.1. The molecule has 0 bridgehead atoms. The molecule has 0 radical (unpaired) electrons. The van der Waals surface area contributed by atoms with E-state index in [-0.39, 0.29) is 31.1 Å². The average molecular weight is 1130 g/mol. The molecule has 0 saturated heterocycles. The number of hydrogen-bond donors (Lipinski definition) is 0. The predicted octanol–water partition coefficient (Wildman–Crippen LogP) is 24.4. The standard InChI is InChI=1S/C75H134O6/c1-4-7-10-13-16-19-22-25-27-28-29-30-31-32-33-34-35-36-37-38-39-40-41-42-43-44-45-46-48-50-53-56-59-62-65-68-74(77)80-71-72(70-79-73(76)67-64-61-58-55-52-49-24-21-18-15-12-9-6-3)81-75(78)69-66-63-60-57-54-51-47-26-23-20-17-14-11-8-5-2/h8,11,17,20-22,24-26,28-29,47,72H,4-7,9-10,12-16,18-19,23,27,30-46,48-71H2,1-3H3/b11-8-,20-17-,24-21-,25-22-,29-28-,47-26-. The van der Waals surface area contributed by atoms with E-state index in [2.05, 4.69) is 93.7 Å². The summed E-state index contributed by atoms with van der Waals surface area (Å²) in [6, 6.07) is 0. The summed E-state index contributed by atoms with van der Waals surface area (Å²) >= 11 is 0. The Bertz CT molecular complexity index is 1490. The molecule has 0 aliphatic heterocycles. The maximum absolute atomic E-state index is 12.9. The molecule has 0 amide bonds. The van der Waals surface area contributed by atoms with Crippen LogP contribution in [-0.4, -0.2) is 37.2 Å². The Labute approximate surface area is 503 Å². The van der Waals surface area contributed by atoms with Gasteiger partial charge >= 0.3 is 17.9 Å². The Hall–Kier alpha value is -3.15. The molecule has 81 heavy (non-hydrogen) atoms. The van der Waals surface area contributed by atoms with E-state index in [1.807, 2.05) is 0 Å². The molecule has 0 rings (SSSR count). The number of carbonyl (C=O) groups excluding carboxylic acids is 3. The molecule has 0 saturated carbocycles. The van der Waals surface area contributed by atoms with Crippen LogP contribution < -0.4 is 0 Å². The monoisotopic (exact) mass is 1130 g/mol. The quantitative estimate of drug-likeness (QED) is 0.0261. The van der Waals surface area contributed by atoms with Gasteiger partial charge in [0.15, 0.2) is 6.10 Å². The van der Waals surface area contributed by atoms with Gasteiger partial charge < -0.3 is 14.2 Å². The van der Waals surface area contributed by atoms with E-state index >= 15 is 0 Å². The van der Waals surface area contributed by atoms with Gasteiger partial charge in [-0.2, -0.15) is 0 Å². The fourth-order valence-corrected chi connectivity index (χ4v) is 10.4. The second-order valence-electron chi connectivity index (χ2n) is 23.8. The number of allylic oxidation sites excluding steroid dienone is 12. The summed E-state index contributed by atoms with van der Waals surface area (Å²) in [5.74, 6) is -0.890. The highest BCUT2D eigenvalue weighted by molar-refractivity contribution is 5.71. The van der Waals surface area contributed by atoms with Crippen LogP contribution in [0.2, 0.25) is 0 Å². The first-order chi connectivity index (χ1) is 40.0. The molecule has 0 fully saturated rings. The van der Waals surface area contributed by atoms with Crippen molar-refractivity contribution in [3.63, 3.8) is 0 Å². The molecule has 1 unspecified atom stereocenters. The fourth-order valence-electron chi connectivity index (χ4n) is 10.4. The Morgan fingerprint density at radius 1 is 0.259 bits per heavy atom. The molecule has 0 aromatic carbocycles. The third kappa shape index (κ3) is 67.5. The molecule has 6 heteroatoms. The van der Waals surface area contributed by atoms with E-state index in [4.69, 9.17) is 14.2 Å². The summed E-state index contributed by atoms with van der Waals surface area (Å²) in [6.07, 6.45) is 91.0. The van der Waals surface area contributed by atoms with E-state index in [1.54, 1.807) is 0 Å². The summed E-state index contributed by atoms with van der Waals surface area (Å²) in [5.41, 5.74) is 0. The zero-order valence-corrected chi connectivity index (χ0v) is 54.1. The molecule has 470 valence electrons. The summed E-state index contributed by atoms with van der Waals surface area (Å²) in [7, 11) is 0. The lowest BCUT2D eigenvalue weighted by Crippen LogP contribution is -2.30. The van der Waals surface area contributed by atoms with Crippen LogP contribution >= 0.6 is 0 Å². The lowest BCUT2D eigenvalue weighted by molar-refractivity contribution is -0.167. The van der Waals surface area contributed by atoms with Gasteiger partial charge in [-0.1, -0.05) is 312 Å². The summed E-state index contributed by atoms with van der Waals surface area (Å²) in [4.78, 5) is 38.3. The minimum Gasteiger partial charge on any atom is -0.462 e. The highest BCUT2D eigenvalue weighted by atomic mass is 16.6. The molecule has 0 spiro atoms. The van der Waals surface area contributed by atoms with Crippen molar-refractivity contribution >= 4 is 17.9 Å². The molecule has 6 nitrogen and oxygen atoms in total. The van der Waals surface area contributed by atoms with Gasteiger partial charge in [0.25, 0.3) is 0 Å². The van der Waals surface area contributed by atoms with Crippen molar-refractivity contribution in [2.75, 3.05) is 13.2 Å². The van der Waals surface area contributed by atoms with Gasteiger partial charge in [-0.15, -0.1) is 0 Å². The Kier molecular flexibility index (Phi) is 66.6. The maximum atomic E-state index is 12.9. The Morgan fingerprint density at radius 3 is 0.778 bits per heavy atom. The van der Waals surface area contributed by atoms with Gasteiger partial charge in [-0.05, 0) is 109 Å². The molecule has 0 aliphatic carbocycles. The van der Waals surface area contributed by atoms with Gasteiger partial charge in [-0.25, -0.2) is 0 Å². The lowest BCUT2D eigenvalue weighted by atomic mass is 10.0. The van der Waals surface area contributed by atoms with Crippen molar-refractivity contribution in [2.45, 2.75) is 374 Å². The molecule has 0 heterocycles. The van der Waals surface area contributed by atoms with Crippen molar-refractivity contribution in [3.05, 3.63) is 72.9 Å². The maximum Gasteiger partial charge on any atom is 0.306 e. The molecule has 0 aromatic heterocycles. The van der Waals surface area contributed by atoms with Gasteiger partial charge in [0, 0.05) is 19.3 Å². The Balaban J connectivity index is 4.08. The third-order valence-corrected chi connectivity index (χ3v) is 15.7. The van der Waals surface area contributed by atoms with Crippen molar-refractivity contribution in [1.82, 2.24) is 0 Å². The highest BCUT2D eigenvalue weighted by Gasteiger charge is 2.19. The number of esters is 3. The SMILES string of the molecule is CC/C=C\C/C=C\C/C=C\CCCCCCCC(=O)OC(COC(=O)CCCCCCC/C=C\CCCCCC)COC(=O)CCCCCCCCCCCCCCCCCCCCCCCCC/C=C\C/C=C\CCCCCCC. The zero-order chi connectivity index (χ0) is 58.5. The van der Waals surface area contributed by atoms with Crippen molar-refractivity contribution < 1.29 is 28.6 Å². The Morgan fingerprint density at radius 2 is 0.481 bits per heavy atom. The average Bonchev–Trinajstić information content (AvgIpc) is 3.46. The van der Waals surface area contributed by atoms with E-state index in [0.29, 0.717) is 19.3 Å². The molecule has 0 aliphatic rings. The summed E-state index contributed by atoms with van der Waals surface area (Å²) < 4.78 is 16.9. The molecule has 0 N–H and O–H groups in total. The molecule has 1 atom stereocenters. The van der Waals surface area contributed by atoms with Crippen molar-refractivity contribution in [3.8, 4) is 0 Å². The van der Waals surface area contributed by atoms with Gasteiger partial charge in [-0.3, -0.25) is 14.4 Å². The second kappa shape index (κ2) is 69.3. The van der Waals surface area contributed by atoms with Crippen LogP contribution in [0, 0.1) is 0 Å². The van der Waals surface area contributed by atoms with E-state index < -0.39 is 6.10 Å². The number of unbranched alkanes of at least 4 members (excludes halogenated alkanes) is 42. The smallest absolute Gasteiger partial charge is 0.306 e. The highest BCUT2D eigenvalue weighted by Crippen LogP contribution is 2.18. The summed E-state index contributed by atoms with van der Waals surface area (Å²) in [6.45, 7) is 6.52. The van der Waals surface area contributed by atoms with Gasteiger partial charge in [0.1, 0.15) is 13.2 Å². The second-order valence-corrected chi connectivity index (χ2v) is 23.8. The summed E-state index contributed by atoms with van der Waals surface area (Å²) in [5, 5.41) is 0. The van der Waals surface area contributed by atoms with Crippen LogP contribution in [0.1, 0.15) is 367 Å². The lowest BCUT2D eigenvalue weighted by Gasteiger charge is -2.18. The van der Waals surface area contributed by atoms with Crippen molar-refractivity contribution in [1.29, 1.82) is 0 Å². The fraction of sp³-hybridized carbons (Fsp3) is 0.800. The van der Waals surface area contributed by atoms with Crippen LogP contribution in [0.3, 0.4) is 0 Å². The van der Waals surface area contributed by atoms with E-state index in [0.717, 1.165) is 109 Å². The number of carbonyl (C=O) groups is 3. The largest absolute Gasteiger partial charge is 0.462 e. The minimum absolute atomic E-state index is 0.0815. The first-order valence-corrected chi connectivity index (χ1v) is 35.4. The number of hydrogen-bond acceptors (Lipinski definition) is 6. The van der Waals surface area contributed by atoms with Crippen LogP contribution in [0.25, 0.3) is 0 Å². The van der Waals surface area contributed by atoms with E-state index in [9.17, 15) is 14.4 Å². The first-order valence-electron chi connectivity index (χ1n) is 35.4. The third-order valence-electron chi connectivity index (χ3n) is 15.7. The first kappa shape index (κ1) is 77.9. The van der Waals surface area contributed by atoms with Crippen LogP contribution in [0.15, 0.2) is 72.9 Å². The van der Waals surface area contributed by atoms with Crippen LogP contribution in [0.4, 0.5) is 0 Å². The van der Waals surface area contributed by atoms with Crippen molar-refractivity contribution in [2.24, 2.45) is 0 Å². The van der Waals surface area contributed by atoms with Gasteiger partial charge in [0.05, 0.1) is 0 Å².